The fourth-order valence-electron chi connectivity index (χ4n) is 4.86. The van der Waals surface area contributed by atoms with Gasteiger partial charge in [0, 0.05) is 5.56 Å². The first kappa shape index (κ1) is 29.1. The lowest BCUT2D eigenvalue weighted by Gasteiger charge is -2.41. The molecule has 1 saturated heterocycles. The molecule has 0 bridgehead atoms. The molecule has 5 aromatic rings. The SMILES string of the molecule is Cc1nc2ccc(-n3nc(C(F)(F)F)nc3[C@@H]3O[C@H](CO)[C@H](O)[C@H](n4cc(-c5cc(F)c(F)c(F)c5)nn4)[C@H]3O)cc2s1. The van der Waals surface area contributed by atoms with Crippen molar-refractivity contribution < 1.29 is 46.4 Å². The minimum absolute atomic E-state index is 0.136. The van der Waals surface area contributed by atoms with E-state index in [-0.39, 0.29) is 16.9 Å². The zero-order chi connectivity index (χ0) is 30.8. The van der Waals surface area contributed by atoms with E-state index in [1.54, 1.807) is 13.0 Å². The van der Waals surface area contributed by atoms with Crippen molar-refractivity contribution in [3.05, 3.63) is 70.6 Å². The van der Waals surface area contributed by atoms with Crippen LogP contribution in [0.1, 0.15) is 28.8 Å². The molecule has 4 heterocycles. The fraction of sp³-hybridized carbons (Fsp3) is 0.320. The second-order valence-corrected chi connectivity index (χ2v) is 10.9. The summed E-state index contributed by atoms with van der Waals surface area (Å²) >= 11 is 1.29. The number of aliphatic hydroxyl groups excluding tert-OH is 3. The van der Waals surface area contributed by atoms with Crippen LogP contribution < -0.4 is 0 Å². The van der Waals surface area contributed by atoms with Crippen LogP contribution in [0, 0.1) is 24.4 Å². The normalized spacial score (nSPS) is 22.9. The number of ether oxygens (including phenoxy) is 1. The Morgan fingerprint density at radius 2 is 1.74 bits per heavy atom. The van der Waals surface area contributed by atoms with Crippen LogP contribution >= 0.6 is 11.3 Å². The van der Waals surface area contributed by atoms with Crippen molar-refractivity contribution in [1.82, 2.24) is 34.7 Å². The van der Waals surface area contributed by atoms with Gasteiger partial charge in [0.15, 0.2) is 23.3 Å². The summed E-state index contributed by atoms with van der Waals surface area (Å²) in [6.45, 7) is 0.932. The largest absolute Gasteiger partial charge is 0.453 e. The van der Waals surface area contributed by atoms with Gasteiger partial charge in [0.25, 0.3) is 5.82 Å². The highest BCUT2D eigenvalue weighted by Gasteiger charge is 2.49. The maximum Gasteiger partial charge on any atom is 0.453 e. The number of halogens is 6. The molecule has 226 valence electrons. The Bertz CT molecular complexity index is 1800. The Balaban J connectivity index is 1.43. The highest BCUT2D eigenvalue weighted by Crippen LogP contribution is 2.40. The maximum absolute atomic E-state index is 13.8. The van der Waals surface area contributed by atoms with Crippen molar-refractivity contribution >= 4 is 21.6 Å². The topological polar surface area (TPSA) is 144 Å². The quantitative estimate of drug-likeness (QED) is 0.198. The Morgan fingerprint density at radius 1 is 1.02 bits per heavy atom. The molecule has 0 spiro atoms. The zero-order valence-electron chi connectivity index (χ0n) is 21.6. The average Bonchev–Trinajstić information content (AvgIpc) is 3.69. The van der Waals surface area contributed by atoms with E-state index in [1.807, 2.05) is 0 Å². The van der Waals surface area contributed by atoms with Gasteiger partial charge < -0.3 is 20.1 Å². The Kier molecular flexibility index (Phi) is 7.20. The molecule has 6 rings (SSSR count). The number of nitrogens with zero attached hydrogens (tertiary/aromatic N) is 7. The molecule has 0 aliphatic carbocycles. The van der Waals surface area contributed by atoms with Crippen molar-refractivity contribution in [1.29, 1.82) is 0 Å². The molecule has 0 amide bonds. The molecule has 1 aliphatic heterocycles. The zero-order valence-corrected chi connectivity index (χ0v) is 22.4. The van der Waals surface area contributed by atoms with E-state index in [0.29, 0.717) is 27.4 Å². The molecule has 1 aliphatic rings. The first-order chi connectivity index (χ1) is 20.3. The van der Waals surface area contributed by atoms with E-state index in [4.69, 9.17) is 4.74 Å². The number of aromatic nitrogens is 7. The average molecular weight is 628 g/mol. The number of fused-ring (bicyclic) bond motifs is 1. The van der Waals surface area contributed by atoms with E-state index in [0.717, 1.165) is 15.6 Å². The van der Waals surface area contributed by atoms with Crippen LogP contribution in [0.2, 0.25) is 0 Å². The molecule has 2 aromatic carbocycles. The Labute approximate surface area is 240 Å². The summed E-state index contributed by atoms with van der Waals surface area (Å²) in [5, 5.41) is 44.2. The summed E-state index contributed by atoms with van der Waals surface area (Å²) in [7, 11) is 0. The van der Waals surface area contributed by atoms with E-state index in [2.05, 4.69) is 25.4 Å². The number of benzene rings is 2. The standard InChI is InChI=1S/C25H19F6N7O4S/c1-9-32-14-3-2-11(6-17(14)43-9)38-23(33-24(35-38)25(29,30)31)22-21(41)19(20(40)16(8-39)42-22)37-7-15(34-36-37)10-4-12(26)18(28)13(27)5-10/h2-7,16,19-22,39-41H,8H2,1H3/t16-,19+,20+,21-,22-/m1/s1. The van der Waals surface area contributed by atoms with Crippen molar-refractivity contribution in [2.24, 2.45) is 0 Å². The van der Waals surface area contributed by atoms with Gasteiger partial charge in [-0.25, -0.2) is 32.5 Å². The minimum Gasteiger partial charge on any atom is -0.394 e. The minimum atomic E-state index is -4.99. The predicted octanol–water partition coefficient (Wildman–Crippen LogP) is 3.28. The number of aryl methyl sites for hydroxylation is 1. The second-order valence-electron chi connectivity index (χ2n) is 9.68. The van der Waals surface area contributed by atoms with Gasteiger partial charge in [-0.15, -0.1) is 21.5 Å². The van der Waals surface area contributed by atoms with Crippen LogP contribution in [-0.4, -0.2) is 75.0 Å². The number of thiazole rings is 1. The molecule has 0 radical (unpaired) electrons. The second kappa shape index (κ2) is 10.6. The highest BCUT2D eigenvalue weighted by molar-refractivity contribution is 7.18. The lowest BCUT2D eigenvalue weighted by Crippen LogP contribution is -2.53. The van der Waals surface area contributed by atoms with Gasteiger partial charge in [0.2, 0.25) is 0 Å². The van der Waals surface area contributed by atoms with Crippen LogP contribution in [0.25, 0.3) is 27.2 Å². The van der Waals surface area contributed by atoms with Crippen molar-refractivity contribution in [3.8, 4) is 16.9 Å². The molecule has 5 atom stereocenters. The van der Waals surface area contributed by atoms with Gasteiger partial charge in [0.05, 0.1) is 33.7 Å². The molecule has 0 saturated carbocycles. The summed E-state index contributed by atoms with van der Waals surface area (Å²) in [5.74, 6) is -6.73. The number of rotatable bonds is 5. The van der Waals surface area contributed by atoms with Crippen LogP contribution in [0.4, 0.5) is 26.3 Å². The smallest absolute Gasteiger partial charge is 0.394 e. The third-order valence-electron chi connectivity index (χ3n) is 6.85. The summed E-state index contributed by atoms with van der Waals surface area (Å²) in [6, 6.07) is 4.37. The number of hydrogen-bond acceptors (Lipinski definition) is 10. The monoisotopic (exact) mass is 627 g/mol. The molecule has 18 heteroatoms. The number of aliphatic hydroxyl groups is 3. The van der Waals surface area contributed by atoms with Crippen molar-refractivity contribution in [2.75, 3.05) is 6.61 Å². The molecule has 0 unspecified atom stereocenters. The Hall–Kier alpha value is -3.97. The van der Waals surface area contributed by atoms with Crippen LogP contribution in [0.5, 0.6) is 0 Å². The van der Waals surface area contributed by atoms with E-state index in [1.165, 1.54) is 23.5 Å². The van der Waals surface area contributed by atoms with Crippen LogP contribution in [0.15, 0.2) is 36.5 Å². The van der Waals surface area contributed by atoms with Gasteiger partial charge >= 0.3 is 6.18 Å². The third-order valence-corrected chi connectivity index (χ3v) is 7.78. The van der Waals surface area contributed by atoms with E-state index < -0.39 is 72.3 Å². The van der Waals surface area contributed by atoms with Crippen molar-refractivity contribution in [2.45, 2.75) is 43.6 Å². The highest BCUT2D eigenvalue weighted by atomic mass is 32.1. The van der Waals surface area contributed by atoms with E-state index >= 15 is 0 Å². The molecule has 3 N–H and O–H groups in total. The molecule has 11 nitrogen and oxygen atoms in total. The predicted molar refractivity (Wildman–Crippen MR) is 135 cm³/mol. The maximum atomic E-state index is 13.8. The van der Waals surface area contributed by atoms with Crippen molar-refractivity contribution in [3.63, 3.8) is 0 Å². The van der Waals surface area contributed by atoms with Gasteiger partial charge in [-0.05, 0) is 37.3 Å². The summed E-state index contributed by atoms with van der Waals surface area (Å²) in [6.07, 6.45) is -10.6. The van der Waals surface area contributed by atoms with Crippen LogP contribution in [0.3, 0.4) is 0 Å². The van der Waals surface area contributed by atoms with Gasteiger partial charge in [-0.2, -0.15) is 13.2 Å². The number of hydrogen-bond donors (Lipinski definition) is 3. The summed E-state index contributed by atoms with van der Waals surface area (Å²) < 4.78 is 90.4. The molecular weight excluding hydrogens is 608 g/mol. The number of alkyl halides is 3. The molecule has 3 aromatic heterocycles. The van der Waals surface area contributed by atoms with Crippen LogP contribution in [-0.2, 0) is 10.9 Å². The molecular formula is C25H19F6N7O4S. The lowest BCUT2D eigenvalue weighted by atomic mass is 9.92. The lowest BCUT2D eigenvalue weighted by molar-refractivity contribution is -0.210. The summed E-state index contributed by atoms with van der Waals surface area (Å²) in [4.78, 5) is 7.95. The van der Waals surface area contributed by atoms with E-state index in [9.17, 15) is 41.7 Å². The first-order valence-electron chi connectivity index (χ1n) is 12.5. The van der Waals surface area contributed by atoms with Gasteiger partial charge in [-0.3, -0.25) is 0 Å². The summed E-state index contributed by atoms with van der Waals surface area (Å²) in [5.41, 5.74) is 0.328. The third kappa shape index (κ3) is 5.14. The van der Waals surface area contributed by atoms with Gasteiger partial charge in [0.1, 0.15) is 36.2 Å². The molecule has 1 fully saturated rings. The molecule has 43 heavy (non-hydrogen) atoms. The fourth-order valence-corrected chi connectivity index (χ4v) is 5.72. The Morgan fingerprint density at radius 3 is 2.42 bits per heavy atom. The van der Waals surface area contributed by atoms with Gasteiger partial charge in [-0.1, -0.05) is 5.21 Å². The first-order valence-corrected chi connectivity index (χ1v) is 13.3.